The Labute approximate surface area is 124 Å². The summed E-state index contributed by atoms with van der Waals surface area (Å²) in [5, 5.41) is 5.51. The van der Waals surface area contributed by atoms with E-state index < -0.39 is 0 Å². The summed E-state index contributed by atoms with van der Waals surface area (Å²) in [7, 11) is 1.67. The van der Waals surface area contributed by atoms with Gasteiger partial charge in [0.25, 0.3) is 0 Å². The minimum Gasteiger partial charge on any atom is -0.383 e. The molecule has 1 aromatic rings. The van der Waals surface area contributed by atoms with Crippen LogP contribution in [0.25, 0.3) is 0 Å². The second-order valence-electron chi connectivity index (χ2n) is 4.37. The first-order chi connectivity index (χ1) is 9.13. The molecule has 19 heavy (non-hydrogen) atoms. The number of hydrogen-bond acceptors (Lipinski definition) is 5. The second kappa shape index (κ2) is 8.81. The minimum atomic E-state index is -0.00847. The maximum atomic E-state index is 6.22. The molecule has 1 heterocycles. The molecule has 0 fully saturated rings. The van der Waals surface area contributed by atoms with Crippen LogP contribution in [0.4, 0.5) is 0 Å². The first kappa shape index (κ1) is 16.8. The highest BCUT2D eigenvalue weighted by atomic mass is 35.5. The number of thioether (sulfide) groups is 1. The fraction of sp³-hybridized carbons (Fsp3) is 0.750. The van der Waals surface area contributed by atoms with Gasteiger partial charge in [-0.05, 0) is 6.42 Å². The number of ether oxygens (including phenoxy) is 1. The third kappa shape index (κ3) is 4.96. The van der Waals surface area contributed by atoms with Gasteiger partial charge in [-0.1, -0.05) is 25.4 Å². The highest BCUT2D eigenvalue weighted by Gasteiger charge is 2.20. The SMILES string of the molecule is CCC(C)SCC(NN)c1c(Cl)cnn1CCOC. The van der Waals surface area contributed by atoms with E-state index in [0.29, 0.717) is 23.4 Å². The predicted octanol–water partition coefficient (Wildman–Crippen LogP) is 2.22. The lowest BCUT2D eigenvalue weighted by Gasteiger charge is -2.19. The molecule has 0 aliphatic carbocycles. The number of halogens is 1. The van der Waals surface area contributed by atoms with Gasteiger partial charge in [0.15, 0.2) is 0 Å². The average Bonchev–Trinajstić information content (AvgIpc) is 2.78. The van der Waals surface area contributed by atoms with Gasteiger partial charge in [0.1, 0.15) is 0 Å². The van der Waals surface area contributed by atoms with Crippen molar-refractivity contribution >= 4 is 23.4 Å². The molecule has 0 aromatic carbocycles. The Balaban J connectivity index is 2.75. The van der Waals surface area contributed by atoms with E-state index in [2.05, 4.69) is 24.4 Å². The Bertz CT molecular complexity index is 375. The fourth-order valence-corrected chi connectivity index (χ4v) is 2.94. The molecule has 3 N–H and O–H groups in total. The van der Waals surface area contributed by atoms with Gasteiger partial charge in [-0.2, -0.15) is 16.9 Å². The Morgan fingerprint density at radius 2 is 2.37 bits per heavy atom. The van der Waals surface area contributed by atoms with Crippen LogP contribution in [0.3, 0.4) is 0 Å². The van der Waals surface area contributed by atoms with Crippen LogP contribution < -0.4 is 11.3 Å². The lowest BCUT2D eigenvalue weighted by molar-refractivity contribution is 0.182. The van der Waals surface area contributed by atoms with Crippen molar-refractivity contribution in [1.29, 1.82) is 0 Å². The molecular weight excluding hydrogens is 284 g/mol. The molecule has 0 bridgehead atoms. The minimum absolute atomic E-state index is 0.00847. The quantitative estimate of drug-likeness (QED) is 0.541. The molecule has 0 amide bonds. The van der Waals surface area contributed by atoms with Gasteiger partial charge in [-0.15, -0.1) is 0 Å². The van der Waals surface area contributed by atoms with Crippen LogP contribution in [0.1, 0.15) is 32.0 Å². The van der Waals surface area contributed by atoms with Crippen LogP contribution in [0.5, 0.6) is 0 Å². The molecular formula is C12H23ClN4OS. The van der Waals surface area contributed by atoms with E-state index >= 15 is 0 Å². The zero-order chi connectivity index (χ0) is 14.3. The third-order valence-electron chi connectivity index (χ3n) is 2.99. The van der Waals surface area contributed by atoms with Crippen molar-refractivity contribution in [2.75, 3.05) is 19.5 Å². The second-order valence-corrected chi connectivity index (χ2v) is 6.24. The van der Waals surface area contributed by atoms with Crippen LogP contribution in [0.2, 0.25) is 5.02 Å². The van der Waals surface area contributed by atoms with Gasteiger partial charge in [0.05, 0.1) is 36.1 Å². The summed E-state index contributed by atoms with van der Waals surface area (Å²) in [5.41, 5.74) is 3.76. The first-order valence-electron chi connectivity index (χ1n) is 6.41. The Hall–Kier alpha value is -0.270. The molecule has 0 aliphatic rings. The zero-order valence-corrected chi connectivity index (χ0v) is 13.3. The fourth-order valence-electron chi connectivity index (χ4n) is 1.66. The van der Waals surface area contributed by atoms with Crippen LogP contribution >= 0.6 is 23.4 Å². The van der Waals surface area contributed by atoms with E-state index in [9.17, 15) is 0 Å². The molecule has 5 nitrogen and oxygen atoms in total. The maximum absolute atomic E-state index is 6.22. The number of nitrogens with zero attached hydrogens (tertiary/aromatic N) is 2. The number of rotatable bonds is 9. The van der Waals surface area contributed by atoms with Crippen molar-refractivity contribution in [1.82, 2.24) is 15.2 Å². The van der Waals surface area contributed by atoms with Crippen molar-refractivity contribution in [3.8, 4) is 0 Å². The van der Waals surface area contributed by atoms with E-state index in [1.165, 1.54) is 0 Å². The Morgan fingerprint density at radius 1 is 1.63 bits per heavy atom. The summed E-state index contributed by atoms with van der Waals surface area (Å²) in [6.07, 6.45) is 2.80. The van der Waals surface area contributed by atoms with E-state index in [1.807, 2.05) is 16.4 Å². The molecule has 0 saturated carbocycles. The van der Waals surface area contributed by atoms with Crippen molar-refractivity contribution < 1.29 is 4.74 Å². The summed E-state index contributed by atoms with van der Waals surface area (Å²) in [6.45, 7) is 5.66. The first-order valence-corrected chi connectivity index (χ1v) is 7.84. The van der Waals surface area contributed by atoms with E-state index in [-0.39, 0.29) is 6.04 Å². The van der Waals surface area contributed by atoms with Crippen LogP contribution in [0, 0.1) is 0 Å². The van der Waals surface area contributed by atoms with Crippen LogP contribution in [-0.2, 0) is 11.3 Å². The Kier molecular flexibility index (Phi) is 7.78. The molecule has 0 spiro atoms. The topological polar surface area (TPSA) is 65.1 Å². The van der Waals surface area contributed by atoms with Crippen LogP contribution in [-0.4, -0.2) is 34.5 Å². The van der Waals surface area contributed by atoms with Crippen molar-refractivity contribution in [2.24, 2.45) is 5.84 Å². The normalized spacial score (nSPS) is 14.6. The summed E-state index contributed by atoms with van der Waals surface area (Å²) < 4.78 is 6.93. The summed E-state index contributed by atoms with van der Waals surface area (Å²) in [4.78, 5) is 0. The number of methoxy groups -OCH3 is 1. The molecule has 0 saturated heterocycles. The lowest BCUT2D eigenvalue weighted by Crippen LogP contribution is -2.32. The summed E-state index contributed by atoms with van der Waals surface area (Å²) in [5.74, 6) is 6.53. The molecule has 7 heteroatoms. The molecule has 1 aromatic heterocycles. The zero-order valence-electron chi connectivity index (χ0n) is 11.7. The summed E-state index contributed by atoms with van der Waals surface area (Å²) >= 11 is 8.09. The predicted molar refractivity (Wildman–Crippen MR) is 81.4 cm³/mol. The van der Waals surface area contributed by atoms with Gasteiger partial charge in [0.2, 0.25) is 0 Å². The molecule has 0 aliphatic heterocycles. The van der Waals surface area contributed by atoms with Crippen molar-refractivity contribution in [3.05, 3.63) is 16.9 Å². The lowest BCUT2D eigenvalue weighted by atomic mass is 10.2. The summed E-state index contributed by atoms with van der Waals surface area (Å²) in [6, 6.07) is -0.00847. The number of aromatic nitrogens is 2. The van der Waals surface area contributed by atoms with Crippen molar-refractivity contribution in [2.45, 2.75) is 38.1 Å². The monoisotopic (exact) mass is 306 g/mol. The highest BCUT2D eigenvalue weighted by molar-refractivity contribution is 7.99. The van der Waals surface area contributed by atoms with E-state index in [4.69, 9.17) is 22.2 Å². The van der Waals surface area contributed by atoms with E-state index in [1.54, 1.807) is 13.3 Å². The molecule has 2 unspecified atom stereocenters. The molecule has 1 rings (SSSR count). The van der Waals surface area contributed by atoms with Gasteiger partial charge < -0.3 is 4.74 Å². The van der Waals surface area contributed by atoms with Crippen LogP contribution in [0.15, 0.2) is 6.20 Å². The van der Waals surface area contributed by atoms with Gasteiger partial charge in [-0.3, -0.25) is 16.0 Å². The van der Waals surface area contributed by atoms with Gasteiger partial charge in [-0.25, -0.2) is 0 Å². The Morgan fingerprint density at radius 3 is 2.95 bits per heavy atom. The molecule has 0 radical (unpaired) electrons. The third-order valence-corrected chi connectivity index (χ3v) is 4.71. The largest absolute Gasteiger partial charge is 0.383 e. The average molecular weight is 307 g/mol. The number of hydrogen-bond donors (Lipinski definition) is 2. The smallest absolute Gasteiger partial charge is 0.0835 e. The number of nitrogens with two attached hydrogens (primary N) is 1. The van der Waals surface area contributed by atoms with Crippen molar-refractivity contribution in [3.63, 3.8) is 0 Å². The molecule has 2 atom stereocenters. The molecule has 110 valence electrons. The van der Waals surface area contributed by atoms with E-state index in [0.717, 1.165) is 17.9 Å². The standard InChI is InChI=1S/C12H23ClN4OS/c1-4-9(2)19-8-11(16-14)12-10(13)7-15-17(12)5-6-18-3/h7,9,11,16H,4-6,8,14H2,1-3H3. The number of hydrazine groups is 1. The van der Waals surface area contributed by atoms with Gasteiger partial charge >= 0.3 is 0 Å². The maximum Gasteiger partial charge on any atom is 0.0835 e. The highest BCUT2D eigenvalue weighted by Crippen LogP contribution is 2.27. The number of nitrogens with one attached hydrogen (secondary N) is 1. The van der Waals surface area contributed by atoms with Gasteiger partial charge in [0, 0.05) is 18.1 Å².